The smallest absolute Gasteiger partial charge is 0.342 e. The Bertz CT molecular complexity index is 471. The maximum atomic E-state index is 11.3. The Morgan fingerprint density at radius 1 is 0.917 bits per heavy atom. The first kappa shape index (κ1) is 20.7. The predicted octanol–water partition coefficient (Wildman–Crippen LogP) is 5.45. The van der Waals surface area contributed by atoms with E-state index in [9.17, 15) is 9.90 Å². The van der Waals surface area contributed by atoms with Crippen LogP contribution >= 0.6 is 0 Å². The molecule has 0 unspecified atom stereocenters. The Labute approximate surface area is 148 Å². The number of carboxylic acids is 1. The summed E-state index contributed by atoms with van der Waals surface area (Å²) in [5.41, 5.74) is 1.39. The molecule has 0 aliphatic rings. The average molecular weight is 335 g/mol. The van der Waals surface area contributed by atoms with Crippen molar-refractivity contribution < 1.29 is 14.5 Å². The summed E-state index contributed by atoms with van der Waals surface area (Å²) in [6.07, 6.45) is 18.7. The van der Waals surface area contributed by atoms with Gasteiger partial charge in [-0.1, -0.05) is 77.6 Å². The van der Waals surface area contributed by atoms with Crippen LogP contribution in [0.2, 0.25) is 0 Å². The van der Waals surface area contributed by atoms with E-state index in [1.165, 1.54) is 70.6 Å². The number of carboxylic acid groups (broad SMARTS) is 1. The first-order valence-electron chi connectivity index (χ1n) is 9.87. The second-order valence-corrected chi connectivity index (χ2v) is 6.92. The third-order valence-electron chi connectivity index (χ3n) is 4.81. The van der Waals surface area contributed by atoms with Crippen LogP contribution in [-0.2, 0) is 13.5 Å². The highest BCUT2D eigenvalue weighted by Gasteiger charge is 2.17. The molecule has 1 aromatic rings. The molecule has 1 N–H and O–H groups in total. The molecule has 0 spiro atoms. The summed E-state index contributed by atoms with van der Waals surface area (Å²) in [4.78, 5) is 11.3. The molecule has 0 fully saturated rings. The molecule has 1 rings (SSSR count). The second kappa shape index (κ2) is 13.0. The molecule has 136 valence electrons. The molecular weight excluding hydrogens is 298 g/mol. The molecule has 24 heavy (non-hydrogen) atoms. The average Bonchev–Trinajstić information content (AvgIpc) is 2.56. The van der Waals surface area contributed by atoms with Crippen LogP contribution in [0.25, 0.3) is 0 Å². The topological polar surface area (TPSA) is 41.2 Å². The molecule has 0 bridgehead atoms. The third-order valence-corrected chi connectivity index (χ3v) is 4.81. The summed E-state index contributed by atoms with van der Waals surface area (Å²) in [6, 6.07) is 3.51. The molecule has 1 heterocycles. The number of carbonyl (C=O) groups is 1. The molecule has 0 aromatic carbocycles. The van der Waals surface area contributed by atoms with Crippen molar-refractivity contribution in [2.45, 2.75) is 90.4 Å². The second-order valence-electron chi connectivity index (χ2n) is 6.92. The number of aromatic carboxylic acids is 1. The van der Waals surface area contributed by atoms with Gasteiger partial charge in [-0.2, -0.15) is 0 Å². The van der Waals surface area contributed by atoms with E-state index in [0.29, 0.717) is 5.56 Å². The van der Waals surface area contributed by atoms with Gasteiger partial charge in [0.25, 0.3) is 0 Å². The predicted molar refractivity (Wildman–Crippen MR) is 99.4 cm³/mol. The Kier molecular flexibility index (Phi) is 11.2. The largest absolute Gasteiger partial charge is 0.477 e. The fraction of sp³-hybridized carbons (Fsp3) is 0.714. The number of nitrogens with zero attached hydrogens (tertiary/aromatic N) is 1. The first-order chi connectivity index (χ1) is 11.7. The molecule has 0 aliphatic heterocycles. The van der Waals surface area contributed by atoms with E-state index in [-0.39, 0.29) is 0 Å². The van der Waals surface area contributed by atoms with Gasteiger partial charge >= 0.3 is 5.97 Å². The van der Waals surface area contributed by atoms with Gasteiger partial charge in [-0.25, -0.2) is 9.36 Å². The van der Waals surface area contributed by atoms with E-state index in [2.05, 4.69) is 6.92 Å². The molecule has 0 saturated carbocycles. The molecule has 3 nitrogen and oxygen atoms in total. The minimum absolute atomic E-state index is 0.447. The molecule has 3 heteroatoms. The molecule has 0 saturated heterocycles. The zero-order valence-corrected chi connectivity index (χ0v) is 15.7. The Morgan fingerprint density at radius 3 is 1.92 bits per heavy atom. The van der Waals surface area contributed by atoms with E-state index in [1.807, 2.05) is 17.8 Å². The molecule has 0 radical (unpaired) electrons. The highest BCUT2D eigenvalue weighted by molar-refractivity contribution is 5.88. The van der Waals surface area contributed by atoms with Gasteiger partial charge in [-0.05, 0) is 12.5 Å². The van der Waals surface area contributed by atoms with Gasteiger partial charge in [-0.3, -0.25) is 0 Å². The standard InChI is InChI=1S/C21H35NO2/c1-3-4-5-6-7-8-9-10-11-12-13-14-17-20-19(21(23)24)16-15-18-22(20)2/h15-16,18H,3-14,17H2,1-2H3/p+1. The number of aryl methyl sites for hydroxylation is 1. The van der Waals surface area contributed by atoms with Crippen LogP contribution in [0, 0.1) is 0 Å². The molecule has 0 aliphatic carbocycles. The lowest BCUT2D eigenvalue weighted by Crippen LogP contribution is -2.35. The minimum atomic E-state index is -0.819. The maximum absolute atomic E-state index is 11.3. The van der Waals surface area contributed by atoms with Crippen molar-refractivity contribution in [1.82, 2.24) is 0 Å². The monoisotopic (exact) mass is 334 g/mol. The minimum Gasteiger partial charge on any atom is -0.477 e. The van der Waals surface area contributed by atoms with Crippen molar-refractivity contribution in [3.05, 3.63) is 29.6 Å². The SMILES string of the molecule is CCCCCCCCCCCCCCc1c(C(=O)O)ccc[n+]1C. The van der Waals surface area contributed by atoms with Crippen molar-refractivity contribution >= 4 is 5.97 Å². The Hall–Kier alpha value is -1.38. The van der Waals surface area contributed by atoms with Crippen LogP contribution in [0.1, 0.15) is 100 Å². The molecule has 0 amide bonds. The lowest BCUT2D eigenvalue weighted by Gasteiger charge is -2.05. The van der Waals surface area contributed by atoms with E-state index >= 15 is 0 Å². The number of hydrogen-bond acceptors (Lipinski definition) is 1. The van der Waals surface area contributed by atoms with Gasteiger partial charge in [0.15, 0.2) is 11.9 Å². The third kappa shape index (κ3) is 8.47. The Balaban J connectivity index is 2.06. The van der Waals surface area contributed by atoms with Gasteiger partial charge in [-0.15, -0.1) is 0 Å². The first-order valence-corrected chi connectivity index (χ1v) is 9.87. The lowest BCUT2D eigenvalue weighted by atomic mass is 10.0. The van der Waals surface area contributed by atoms with Crippen molar-refractivity contribution in [1.29, 1.82) is 0 Å². The van der Waals surface area contributed by atoms with Crippen LogP contribution < -0.4 is 4.57 Å². The molecule has 1 aromatic heterocycles. The van der Waals surface area contributed by atoms with Gasteiger partial charge in [0.1, 0.15) is 12.6 Å². The van der Waals surface area contributed by atoms with Crippen LogP contribution in [-0.4, -0.2) is 11.1 Å². The van der Waals surface area contributed by atoms with Gasteiger partial charge < -0.3 is 5.11 Å². The summed E-state index contributed by atoms with van der Waals surface area (Å²) >= 11 is 0. The van der Waals surface area contributed by atoms with Gasteiger partial charge in [0, 0.05) is 12.5 Å². The zero-order valence-electron chi connectivity index (χ0n) is 15.7. The molecular formula is C21H36NO2+. The van der Waals surface area contributed by atoms with Crippen LogP contribution in [0.15, 0.2) is 18.3 Å². The zero-order chi connectivity index (χ0) is 17.6. The van der Waals surface area contributed by atoms with E-state index in [4.69, 9.17) is 0 Å². The van der Waals surface area contributed by atoms with E-state index in [1.54, 1.807) is 12.1 Å². The molecule has 0 atom stereocenters. The van der Waals surface area contributed by atoms with Crippen molar-refractivity contribution in [3.8, 4) is 0 Å². The number of hydrogen-bond donors (Lipinski definition) is 1. The van der Waals surface area contributed by atoms with Gasteiger partial charge in [0.2, 0.25) is 0 Å². The number of aromatic nitrogens is 1. The normalized spacial score (nSPS) is 10.9. The highest BCUT2D eigenvalue weighted by Crippen LogP contribution is 2.13. The van der Waals surface area contributed by atoms with Crippen molar-refractivity contribution in [2.24, 2.45) is 7.05 Å². The van der Waals surface area contributed by atoms with Crippen molar-refractivity contribution in [2.75, 3.05) is 0 Å². The van der Waals surface area contributed by atoms with Crippen LogP contribution in [0.5, 0.6) is 0 Å². The van der Waals surface area contributed by atoms with Gasteiger partial charge in [0.05, 0.1) is 0 Å². The number of rotatable bonds is 14. The summed E-state index contributed by atoms with van der Waals surface area (Å²) in [6.45, 7) is 2.26. The van der Waals surface area contributed by atoms with Crippen LogP contribution in [0.3, 0.4) is 0 Å². The Morgan fingerprint density at radius 2 is 1.42 bits per heavy atom. The van der Waals surface area contributed by atoms with Crippen molar-refractivity contribution in [3.63, 3.8) is 0 Å². The highest BCUT2D eigenvalue weighted by atomic mass is 16.4. The summed E-state index contributed by atoms with van der Waals surface area (Å²) in [7, 11) is 1.93. The number of unbranched alkanes of at least 4 members (excludes halogenated alkanes) is 11. The van der Waals surface area contributed by atoms with Crippen LogP contribution in [0.4, 0.5) is 0 Å². The van der Waals surface area contributed by atoms with E-state index < -0.39 is 5.97 Å². The fourth-order valence-electron chi connectivity index (χ4n) is 3.28. The summed E-state index contributed by atoms with van der Waals surface area (Å²) in [5.74, 6) is -0.819. The lowest BCUT2D eigenvalue weighted by molar-refractivity contribution is -0.679. The maximum Gasteiger partial charge on any atom is 0.342 e. The fourth-order valence-corrected chi connectivity index (χ4v) is 3.28. The van der Waals surface area contributed by atoms with E-state index in [0.717, 1.165) is 18.5 Å². The quantitative estimate of drug-likeness (QED) is 0.363. The summed E-state index contributed by atoms with van der Waals surface area (Å²) < 4.78 is 1.95. The summed E-state index contributed by atoms with van der Waals surface area (Å²) in [5, 5.41) is 9.27. The number of pyridine rings is 1.